The van der Waals surface area contributed by atoms with Gasteiger partial charge in [0.05, 0.1) is 21.3 Å². The first-order chi connectivity index (χ1) is 13.6. The minimum atomic E-state index is -0.156. The molecule has 0 saturated carbocycles. The van der Waals surface area contributed by atoms with Gasteiger partial charge in [0.2, 0.25) is 0 Å². The van der Waals surface area contributed by atoms with E-state index in [2.05, 4.69) is 4.89 Å². The molecule has 0 N–H and O–H groups in total. The van der Waals surface area contributed by atoms with Crippen molar-refractivity contribution in [1.29, 1.82) is 0 Å². The molecule has 150 valence electrons. The molecule has 28 heavy (non-hydrogen) atoms. The van der Waals surface area contributed by atoms with E-state index in [1.807, 2.05) is 6.07 Å². The number of hydrogen-bond donors (Lipinski definition) is 0. The number of carbonyl (C=O) groups is 1. The highest BCUT2D eigenvalue weighted by atomic mass is 17.2. The molecule has 2 aromatic carbocycles. The highest BCUT2D eigenvalue weighted by Crippen LogP contribution is 2.28. The molecule has 0 aromatic heterocycles. The van der Waals surface area contributed by atoms with Crippen LogP contribution in [0.25, 0.3) is 6.08 Å². The van der Waals surface area contributed by atoms with Gasteiger partial charge in [0.25, 0.3) is 0 Å². The van der Waals surface area contributed by atoms with E-state index in [4.69, 9.17) is 23.8 Å². The van der Waals surface area contributed by atoms with Crippen molar-refractivity contribution in [3.05, 3.63) is 59.2 Å². The van der Waals surface area contributed by atoms with Crippen LogP contribution in [0.4, 0.5) is 0 Å². The first-order valence-corrected chi connectivity index (χ1v) is 8.47. The Morgan fingerprint density at radius 3 is 2.39 bits per heavy atom. The third-order valence-electron chi connectivity index (χ3n) is 3.85. The minimum Gasteiger partial charge on any atom is -0.496 e. The molecule has 0 radical (unpaired) electrons. The number of carbonyl (C=O) groups excluding carboxylic acids is 1. The van der Waals surface area contributed by atoms with Gasteiger partial charge in [0.1, 0.15) is 12.4 Å². The van der Waals surface area contributed by atoms with Gasteiger partial charge in [-0.1, -0.05) is 24.3 Å². The average Bonchev–Trinajstić information content (AvgIpc) is 2.74. The molecular weight excluding hydrogens is 364 g/mol. The summed E-state index contributed by atoms with van der Waals surface area (Å²) >= 11 is 0. The molecule has 0 amide bonds. The van der Waals surface area contributed by atoms with Crippen LogP contribution in [0.2, 0.25) is 0 Å². The smallest absolute Gasteiger partial charge is 0.188 e. The van der Waals surface area contributed by atoms with E-state index in [0.717, 1.165) is 11.1 Å². The lowest BCUT2D eigenvalue weighted by Gasteiger charge is -2.10. The first-order valence-electron chi connectivity index (χ1n) is 8.47. The van der Waals surface area contributed by atoms with Crippen LogP contribution in [0.1, 0.15) is 21.5 Å². The fraction of sp³-hybridized carbons (Fsp3) is 0.286. The predicted octanol–water partition coefficient (Wildman–Crippen LogP) is 3.66. The Morgan fingerprint density at radius 2 is 1.71 bits per heavy atom. The van der Waals surface area contributed by atoms with Crippen molar-refractivity contribution in [1.82, 2.24) is 0 Å². The van der Waals surface area contributed by atoms with Gasteiger partial charge >= 0.3 is 0 Å². The molecule has 7 nitrogen and oxygen atoms in total. The fourth-order valence-electron chi connectivity index (χ4n) is 2.44. The standard InChI is InChI=1S/C21H24O7/c1-23-14-27-19-10-6-15(11-21(19)25-3)5-9-18(22)16-7-8-17(13-28-26-4)20(12-16)24-2/h5-12H,13-14H2,1-4H3/b9-5+. The maximum absolute atomic E-state index is 12.5. The molecule has 2 rings (SSSR count). The molecule has 0 atom stereocenters. The Morgan fingerprint density at radius 1 is 0.929 bits per heavy atom. The molecular formula is C21H24O7. The molecule has 0 unspecified atom stereocenters. The van der Waals surface area contributed by atoms with Crippen LogP contribution in [-0.4, -0.2) is 41.0 Å². The highest BCUT2D eigenvalue weighted by Gasteiger charge is 2.10. The van der Waals surface area contributed by atoms with Gasteiger partial charge < -0.3 is 18.9 Å². The topological polar surface area (TPSA) is 72.5 Å². The summed E-state index contributed by atoms with van der Waals surface area (Å²) in [6, 6.07) is 10.5. The number of hydrogen-bond acceptors (Lipinski definition) is 7. The van der Waals surface area contributed by atoms with Gasteiger partial charge in [-0.3, -0.25) is 4.79 Å². The lowest BCUT2D eigenvalue weighted by Crippen LogP contribution is -2.01. The quantitative estimate of drug-likeness (QED) is 0.191. The lowest BCUT2D eigenvalue weighted by atomic mass is 10.1. The Labute approximate surface area is 164 Å². The summed E-state index contributed by atoms with van der Waals surface area (Å²) in [5.41, 5.74) is 2.08. The molecule has 7 heteroatoms. The third kappa shape index (κ3) is 5.82. The minimum absolute atomic E-state index is 0.122. The zero-order chi connectivity index (χ0) is 20.4. The Kier molecular flexibility index (Phi) is 8.48. The number of allylic oxidation sites excluding steroid dienone is 1. The van der Waals surface area contributed by atoms with Gasteiger partial charge in [-0.15, -0.1) is 0 Å². The van der Waals surface area contributed by atoms with Crippen LogP contribution in [0.15, 0.2) is 42.5 Å². The largest absolute Gasteiger partial charge is 0.496 e. The molecule has 0 aliphatic rings. The van der Waals surface area contributed by atoms with Crippen LogP contribution in [0.3, 0.4) is 0 Å². The van der Waals surface area contributed by atoms with E-state index < -0.39 is 0 Å². The summed E-state index contributed by atoms with van der Waals surface area (Å²) in [5, 5.41) is 0. The van der Waals surface area contributed by atoms with Crippen molar-refractivity contribution in [3.8, 4) is 17.2 Å². The van der Waals surface area contributed by atoms with E-state index in [9.17, 15) is 4.79 Å². The molecule has 0 bridgehead atoms. The maximum atomic E-state index is 12.5. The van der Waals surface area contributed by atoms with Crippen LogP contribution in [0, 0.1) is 0 Å². The summed E-state index contributed by atoms with van der Waals surface area (Å²) in [7, 11) is 6.06. The van der Waals surface area contributed by atoms with E-state index >= 15 is 0 Å². The Balaban J connectivity index is 2.14. The van der Waals surface area contributed by atoms with Crippen molar-refractivity contribution >= 4 is 11.9 Å². The van der Waals surface area contributed by atoms with E-state index in [0.29, 0.717) is 22.8 Å². The number of ether oxygens (including phenoxy) is 4. The summed E-state index contributed by atoms with van der Waals surface area (Å²) in [5.74, 6) is 1.51. The van der Waals surface area contributed by atoms with Crippen LogP contribution >= 0.6 is 0 Å². The summed E-state index contributed by atoms with van der Waals surface area (Å²) < 4.78 is 20.9. The van der Waals surface area contributed by atoms with E-state index in [1.165, 1.54) is 20.3 Å². The van der Waals surface area contributed by atoms with Crippen LogP contribution in [-0.2, 0) is 21.1 Å². The highest BCUT2D eigenvalue weighted by molar-refractivity contribution is 6.07. The maximum Gasteiger partial charge on any atom is 0.188 e. The summed E-state index contributed by atoms with van der Waals surface area (Å²) in [6.07, 6.45) is 3.20. The average molecular weight is 388 g/mol. The molecule has 0 fully saturated rings. The predicted molar refractivity (Wildman–Crippen MR) is 104 cm³/mol. The van der Waals surface area contributed by atoms with Gasteiger partial charge in [-0.2, -0.15) is 0 Å². The fourth-order valence-corrected chi connectivity index (χ4v) is 2.44. The van der Waals surface area contributed by atoms with Gasteiger partial charge in [0.15, 0.2) is 24.1 Å². The normalized spacial score (nSPS) is 10.9. The number of benzene rings is 2. The van der Waals surface area contributed by atoms with Crippen molar-refractivity contribution in [2.45, 2.75) is 6.61 Å². The van der Waals surface area contributed by atoms with Crippen LogP contribution in [0.5, 0.6) is 17.2 Å². The van der Waals surface area contributed by atoms with E-state index in [-0.39, 0.29) is 19.2 Å². The number of rotatable bonds is 11. The second kappa shape index (κ2) is 11.1. The second-order valence-electron chi connectivity index (χ2n) is 5.61. The van der Waals surface area contributed by atoms with Gasteiger partial charge in [-0.25, -0.2) is 9.78 Å². The monoisotopic (exact) mass is 388 g/mol. The molecule has 2 aromatic rings. The Hall–Kier alpha value is -2.87. The van der Waals surface area contributed by atoms with Crippen molar-refractivity contribution in [3.63, 3.8) is 0 Å². The van der Waals surface area contributed by atoms with Crippen LogP contribution < -0.4 is 14.2 Å². The van der Waals surface area contributed by atoms with E-state index in [1.54, 1.807) is 50.6 Å². The van der Waals surface area contributed by atoms with Crippen molar-refractivity contribution in [2.24, 2.45) is 0 Å². The van der Waals surface area contributed by atoms with Crippen molar-refractivity contribution < 1.29 is 33.5 Å². The second-order valence-corrected chi connectivity index (χ2v) is 5.61. The van der Waals surface area contributed by atoms with Crippen molar-refractivity contribution in [2.75, 3.05) is 35.2 Å². The molecule has 0 spiro atoms. The summed E-state index contributed by atoms with van der Waals surface area (Å²) in [4.78, 5) is 22.0. The molecule has 0 aliphatic heterocycles. The zero-order valence-corrected chi connectivity index (χ0v) is 16.4. The number of ketones is 1. The van der Waals surface area contributed by atoms with Gasteiger partial charge in [-0.05, 0) is 29.8 Å². The number of methoxy groups -OCH3 is 3. The molecule has 0 saturated heterocycles. The molecule has 0 aliphatic carbocycles. The zero-order valence-electron chi connectivity index (χ0n) is 16.4. The van der Waals surface area contributed by atoms with Gasteiger partial charge in [0, 0.05) is 18.2 Å². The third-order valence-corrected chi connectivity index (χ3v) is 3.85. The molecule has 0 heterocycles. The lowest BCUT2D eigenvalue weighted by molar-refractivity contribution is -0.282. The SMILES string of the molecule is COCOc1ccc(/C=C/C(=O)c2ccc(COOC)c(OC)c2)cc1OC. The summed E-state index contributed by atoms with van der Waals surface area (Å²) in [6.45, 7) is 0.346. The first kappa shape index (κ1) is 21.4. The Bertz CT molecular complexity index is 814.